The lowest BCUT2D eigenvalue weighted by Crippen LogP contribution is -2.34. The molecular weight excluding hydrogens is 416 g/mol. The van der Waals surface area contributed by atoms with Crippen molar-refractivity contribution in [2.24, 2.45) is 0 Å². The van der Waals surface area contributed by atoms with Crippen LogP contribution < -0.4 is 29.6 Å². The zero-order chi connectivity index (χ0) is 22.2. The van der Waals surface area contributed by atoms with E-state index in [1.807, 2.05) is 30.3 Å². The van der Waals surface area contributed by atoms with Crippen molar-refractivity contribution in [3.8, 4) is 28.7 Å². The smallest absolute Gasteiger partial charge is 0.257 e. The van der Waals surface area contributed by atoms with Crippen LogP contribution in [0.2, 0.25) is 0 Å². The van der Waals surface area contributed by atoms with E-state index in [1.54, 1.807) is 36.4 Å². The zero-order valence-corrected chi connectivity index (χ0v) is 18.1. The first-order valence-corrected chi connectivity index (χ1v) is 9.70. The monoisotopic (exact) mass is 438 g/mol. The average molecular weight is 439 g/mol. The molecule has 3 aromatic rings. The van der Waals surface area contributed by atoms with E-state index in [1.165, 1.54) is 21.3 Å². The number of thiocarbonyl (C=S) groups is 1. The minimum absolute atomic E-state index is 0.149. The van der Waals surface area contributed by atoms with Gasteiger partial charge in [-0.3, -0.25) is 10.1 Å². The minimum Gasteiger partial charge on any atom is -0.493 e. The fraction of sp³-hybridized carbons (Fsp3) is 0.130. The van der Waals surface area contributed by atoms with Crippen LogP contribution in [0.15, 0.2) is 66.7 Å². The number of carbonyl (C=O) groups is 1. The fourth-order valence-corrected chi connectivity index (χ4v) is 2.99. The van der Waals surface area contributed by atoms with Gasteiger partial charge in [-0.05, 0) is 60.7 Å². The highest BCUT2D eigenvalue weighted by atomic mass is 32.1. The van der Waals surface area contributed by atoms with Crippen LogP contribution in [-0.4, -0.2) is 32.3 Å². The summed E-state index contributed by atoms with van der Waals surface area (Å²) in [4.78, 5) is 12.6. The van der Waals surface area contributed by atoms with Crippen molar-refractivity contribution < 1.29 is 23.7 Å². The average Bonchev–Trinajstić information content (AvgIpc) is 2.79. The number of nitrogens with one attached hydrogen (secondary N) is 2. The molecule has 0 aliphatic heterocycles. The van der Waals surface area contributed by atoms with E-state index in [4.69, 9.17) is 31.2 Å². The molecule has 7 nitrogen and oxygen atoms in total. The van der Waals surface area contributed by atoms with E-state index in [2.05, 4.69) is 10.6 Å². The molecule has 3 aromatic carbocycles. The molecule has 8 heteroatoms. The summed E-state index contributed by atoms with van der Waals surface area (Å²) in [5, 5.41) is 5.76. The molecule has 0 atom stereocenters. The number of hydrogen-bond donors (Lipinski definition) is 2. The lowest BCUT2D eigenvalue weighted by atomic mass is 10.1. The Labute approximate surface area is 185 Å². The summed E-state index contributed by atoms with van der Waals surface area (Å²) in [7, 11) is 4.46. The van der Waals surface area contributed by atoms with Gasteiger partial charge in [0.2, 0.25) is 5.75 Å². The van der Waals surface area contributed by atoms with Crippen molar-refractivity contribution in [2.75, 3.05) is 26.6 Å². The summed E-state index contributed by atoms with van der Waals surface area (Å²) in [6.45, 7) is 0. The van der Waals surface area contributed by atoms with Gasteiger partial charge in [-0.2, -0.15) is 0 Å². The summed E-state index contributed by atoms with van der Waals surface area (Å²) in [5.74, 6) is 2.17. The Bertz CT molecular complexity index is 1030. The van der Waals surface area contributed by atoms with Gasteiger partial charge in [-0.25, -0.2) is 0 Å². The molecular formula is C23H22N2O5S. The minimum atomic E-state index is -0.416. The molecule has 0 radical (unpaired) electrons. The Morgan fingerprint density at radius 2 is 1.39 bits per heavy atom. The molecule has 0 heterocycles. The standard InChI is InChI=1S/C23H22N2O5S/c1-27-19-13-15(14-20(28-2)21(19)29-3)22(26)25-23(31)24-16-9-11-18(12-10-16)30-17-7-5-4-6-8-17/h4-14H,1-3H3,(H2,24,25,26,31). The first-order valence-electron chi connectivity index (χ1n) is 9.29. The molecule has 0 spiro atoms. The fourth-order valence-electron chi connectivity index (χ4n) is 2.78. The molecule has 0 unspecified atom stereocenters. The Kier molecular flexibility index (Phi) is 7.29. The van der Waals surface area contributed by atoms with E-state index in [9.17, 15) is 4.79 Å². The van der Waals surface area contributed by atoms with Gasteiger partial charge in [0, 0.05) is 11.3 Å². The van der Waals surface area contributed by atoms with Crippen LogP contribution in [0.4, 0.5) is 5.69 Å². The van der Waals surface area contributed by atoms with Crippen LogP contribution >= 0.6 is 12.2 Å². The molecule has 0 saturated carbocycles. The molecule has 0 fully saturated rings. The van der Waals surface area contributed by atoms with Gasteiger partial charge in [0.1, 0.15) is 11.5 Å². The van der Waals surface area contributed by atoms with Crippen molar-refractivity contribution in [1.29, 1.82) is 0 Å². The SMILES string of the molecule is COc1cc(C(=O)NC(=S)Nc2ccc(Oc3ccccc3)cc2)cc(OC)c1OC. The predicted octanol–water partition coefficient (Wildman–Crippen LogP) is 4.63. The number of methoxy groups -OCH3 is 3. The van der Waals surface area contributed by atoms with E-state index in [0.29, 0.717) is 34.2 Å². The highest BCUT2D eigenvalue weighted by Gasteiger charge is 2.17. The molecule has 0 aliphatic rings. The molecule has 3 rings (SSSR count). The second-order valence-electron chi connectivity index (χ2n) is 6.26. The topological polar surface area (TPSA) is 78.1 Å². The second kappa shape index (κ2) is 10.3. The summed E-state index contributed by atoms with van der Waals surface area (Å²) < 4.78 is 21.6. The van der Waals surface area contributed by atoms with Gasteiger partial charge in [0.05, 0.1) is 21.3 Å². The molecule has 2 N–H and O–H groups in total. The molecule has 160 valence electrons. The Morgan fingerprint density at radius 3 is 1.94 bits per heavy atom. The van der Waals surface area contributed by atoms with Crippen LogP contribution in [0.1, 0.15) is 10.4 Å². The summed E-state index contributed by atoms with van der Waals surface area (Å²) in [6, 6.07) is 19.8. The first-order chi connectivity index (χ1) is 15.0. The van der Waals surface area contributed by atoms with Crippen molar-refractivity contribution in [3.05, 3.63) is 72.3 Å². The first kappa shape index (κ1) is 21.9. The van der Waals surface area contributed by atoms with Crippen molar-refractivity contribution in [3.63, 3.8) is 0 Å². The van der Waals surface area contributed by atoms with E-state index in [0.717, 1.165) is 5.75 Å². The summed E-state index contributed by atoms with van der Waals surface area (Å²) >= 11 is 5.26. The van der Waals surface area contributed by atoms with Crippen molar-refractivity contribution >= 4 is 28.9 Å². The second-order valence-corrected chi connectivity index (χ2v) is 6.67. The van der Waals surface area contributed by atoms with Crippen molar-refractivity contribution in [2.45, 2.75) is 0 Å². The third kappa shape index (κ3) is 5.64. The molecule has 1 amide bonds. The largest absolute Gasteiger partial charge is 0.493 e. The highest BCUT2D eigenvalue weighted by molar-refractivity contribution is 7.80. The number of ether oxygens (including phenoxy) is 4. The predicted molar refractivity (Wildman–Crippen MR) is 123 cm³/mol. The van der Waals surface area contributed by atoms with E-state index >= 15 is 0 Å². The summed E-state index contributed by atoms with van der Waals surface area (Å²) in [6.07, 6.45) is 0. The Hall–Kier alpha value is -3.78. The molecule has 0 saturated heterocycles. The number of para-hydroxylation sites is 1. The highest BCUT2D eigenvalue weighted by Crippen LogP contribution is 2.38. The maximum Gasteiger partial charge on any atom is 0.257 e. The van der Waals surface area contributed by atoms with E-state index in [-0.39, 0.29) is 5.11 Å². The van der Waals surface area contributed by atoms with Crippen molar-refractivity contribution in [1.82, 2.24) is 5.32 Å². The normalized spacial score (nSPS) is 10.0. The van der Waals surface area contributed by atoms with Gasteiger partial charge in [-0.1, -0.05) is 18.2 Å². The zero-order valence-electron chi connectivity index (χ0n) is 17.3. The van der Waals surface area contributed by atoms with Gasteiger partial charge in [0.25, 0.3) is 5.91 Å². The number of anilines is 1. The van der Waals surface area contributed by atoms with Gasteiger partial charge in [0.15, 0.2) is 16.6 Å². The van der Waals surface area contributed by atoms with E-state index < -0.39 is 5.91 Å². The van der Waals surface area contributed by atoms with Gasteiger partial charge < -0.3 is 24.3 Å². The number of carbonyl (C=O) groups excluding carboxylic acids is 1. The van der Waals surface area contributed by atoms with Crippen LogP contribution in [0.3, 0.4) is 0 Å². The van der Waals surface area contributed by atoms with Gasteiger partial charge in [-0.15, -0.1) is 0 Å². The van der Waals surface area contributed by atoms with Gasteiger partial charge >= 0.3 is 0 Å². The number of benzene rings is 3. The molecule has 31 heavy (non-hydrogen) atoms. The third-order valence-electron chi connectivity index (χ3n) is 4.25. The van der Waals surface area contributed by atoms with Crippen LogP contribution in [-0.2, 0) is 0 Å². The third-order valence-corrected chi connectivity index (χ3v) is 4.45. The molecule has 0 aromatic heterocycles. The number of rotatable bonds is 7. The Morgan fingerprint density at radius 1 is 0.806 bits per heavy atom. The van der Waals surface area contributed by atoms with Crippen LogP contribution in [0.25, 0.3) is 0 Å². The van der Waals surface area contributed by atoms with Crippen LogP contribution in [0.5, 0.6) is 28.7 Å². The van der Waals surface area contributed by atoms with Crippen LogP contribution in [0, 0.1) is 0 Å². The molecule has 0 bridgehead atoms. The number of amides is 1. The quantitative estimate of drug-likeness (QED) is 0.521. The lowest BCUT2D eigenvalue weighted by molar-refractivity contribution is 0.0977. The summed E-state index contributed by atoms with van der Waals surface area (Å²) in [5.41, 5.74) is 1.01. The maximum absolute atomic E-state index is 12.6. The molecule has 0 aliphatic carbocycles. The maximum atomic E-state index is 12.6. The Balaban J connectivity index is 1.63. The lowest BCUT2D eigenvalue weighted by Gasteiger charge is -2.15. The number of hydrogen-bond acceptors (Lipinski definition) is 6.